The maximum absolute atomic E-state index is 11.9. The van der Waals surface area contributed by atoms with Gasteiger partial charge in [0.15, 0.2) is 0 Å². The standard InChI is InChI=1S/C9H17F3N2O3S2/c1-7-5-14(6-8(2)17-7)19(15,16)13-3-4-18-9(10,11)12/h7-8,13H,3-6H2,1-2H3/t7-,8-/m1/s1. The van der Waals surface area contributed by atoms with Gasteiger partial charge in [-0.3, -0.25) is 0 Å². The zero-order chi connectivity index (χ0) is 14.7. The lowest BCUT2D eigenvalue weighted by Gasteiger charge is -2.34. The second-order valence-electron chi connectivity index (χ2n) is 4.27. The minimum Gasteiger partial charge on any atom is -0.373 e. The van der Waals surface area contributed by atoms with E-state index >= 15 is 0 Å². The lowest BCUT2D eigenvalue weighted by atomic mass is 10.3. The van der Waals surface area contributed by atoms with Gasteiger partial charge in [-0.1, -0.05) is 0 Å². The molecule has 1 N–H and O–H groups in total. The van der Waals surface area contributed by atoms with E-state index in [2.05, 4.69) is 4.72 Å². The molecule has 1 rings (SSSR count). The van der Waals surface area contributed by atoms with Gasteiger partial charge in [0.1, 0.15) is 0 Å². The highest BCUT2D eigenvalue weighted by Crippen LogP contribution is 2.29. The zero-order valence-electron chi connectivity index (χ0n) is 10.6. The van der Waals surface area contributed by atoms with E-state index in [0.29, 0.717) is 0 Å². The van der Waals surface area contributed by atoms with E-state index in [1.165, 1.54) is 4.31 Å². The van der Waals surface area contributed by atoms with Crippen molar-refractivity contribution in [3.63, 3.8) is 0 Å². The van der Waals surface area contributed by atoms with Crippen LogP contribution in [0, 0.1) is 0 Å². The zero-order valence-corrected chi connectivity index (χ0v) is 12.2. The fourth-order valence-corrected chi connectivity index (χ4v) is 3.68. The second kappa shape index (κ2) is 6.61. The first-order valence-corrected chi connectivity index (χ1v) is 8.13. The number of hydrogen-bond acceptors (Lipinski definition) is 4. The van der Waals surface area contributed by atoms with E-state index in [4.69, 9.17) is 4.74 Å². The Kier molecular flexibility index (Phi) is 5.93. The summed E-state index contributed by atoms with van der Waals surface area (Å²) < 4.78 is 68.2. The van der Waals surface area contributed by atoms with Gasteiger partial charge in [-0.05, 0) is 25.6 Å². The molecule has 0 spiro atoms. The third-order valence-electron chi connectivity index (χ3n) is 2.38. The maximum Gasteiger partial charge on any atom is 0.441 e. The SMILES string of the molecule is C[C@@H]1CN(S(=O)(=O)NCCSC(F)(F)F)C[C@@H](C)O1. The molecule has 10 heteroatoms. The Morgan fingerprint density at radius 1 is 1.32 bits per heavy atom. The minimum atomic E-state index is -4.34. The van der Waals surface area contributed by atoms with E-state index in [0.717, 1.165) is 0 Å². The van der Waals surface area contributed by atoms with Gasteiger partial charge in [0.2, 0.25) is 0 Å². The van der Waals surface area contributed by atoms with Crippen LogP contribution >= 0.6 is 11.8 Å². The summed E-state index contributed by atoms with van der Waals surface area (Å²) in [5.74, 6) is -0.349. The van der Waals surface area contributed by atoms with Gasteiger partial charge in [0.05, 0.1) is 12.2 Å². The third-order valence-corrected chi connectivity index (χ3v) is 4.66. The molecular formula is C9H17F3N2O3S2. The number of thioether (sulfide) groups is 1. The largest absolute Gasteiger partial charge is 0.441 e. The number of alkyl halides is 3. The van der Waals surface area contributed by atoms with Crippen molar-refractivity contribution in [3.8, 4) is 0 Å². The van der Waals surface area contributed by atoms with E-state index in [-0.39, 0.29) is 49.4 Å². The smallest absolute Gasteiger partial charge is 0.373 e. The summed E-state index contributed by atoms with van der Waals surface area (Å²) in [5.41, 5.74) is -4.34. The average molecular weight is 322 g/mol. The number of halogens is 3. The number of ether oxygens (including phenoxy) is 1. The van der Waals surface area contributed by atoms with E-state index < -0.39 is 15.7 Å². The predicted molar refractivity (Wildman–Crippen MR) is 67.0 cm³/mol. The molecule has 1 aliphatic heterocycles. The maximum atomic E-state index is 11.9. The molecule has 2 atom stereocenters. The molecule has 0 aliphatic carbocycles. The number of nitrogens with zero attached hydrogens (tertiary/aromatic N) is 1. The molecule has 0 saturated carbocycles. The molecule has 1 saturated heterocycles. The van der Waals surface area contributed by atoms with Crippen molar-refractivity contribution in [2.24, 2.45) is 0 Å². The first-order chi connectivity index (χ1) is 8.60. The topological polar surface area (TPSA) is 58.6 Å². The molecule has 19 heavy (non-hydrogen) atoms. The summed E-state index contributed by atoms with van der Waals surface area (Å²) in [7, 11) is -3.74. The van der Waals surface area contributed by atoms with Crippen LogP contribution in [-0.2, 0) is 14.9 Å². The normalized spacial score (nSPS) is 26.6. The fraction of sp³-hybridized carbons (Fsp3) is 1.00. The van der Waals surface area contributed by atoms with Gasteiger partial charge < -0.3 is 4.74 Å². The molecule has 114 valence electrons. The van der Waals surface area contributed by atoms with Crippen molar-refractivity contribution < 1.29 is 26.3 Å². The van der Waals surface area contributed by atoms with Gasteiger partial charge in [-0.25, -0.2) is 4.72 Å². The second-order valence-corrected chi connectivity index (χ2v) is 7.18. The molecule has 0 aromatic heterocycles. The molecule has 5 nitrogen and oxygen atoms in total. The molecule has 0 aromatic carbocycles. The Balaban J connectivity index is 2.43. The third kappa shape index (κ3) is 6.30. The van der Waals surface area contributed by atoms with Crippen molar-refractivity contribution in [1.29, 1.82) is 0 Å². The van der Waals surface area contributed by atoms with Crippen LogP contribution in [0.3, 0.4) is 0 Å². The monoisotopic (exact) mass is 322 g/mol. The molecule has 0 radical (unpaired) electrons. The van der Waals surface area contributed by atoms with Crippen LogP contribution < -0.4 is 4.72 Å². The van der Waals surface area contributed by atoms with Crippen LogP contribution in [0.4, 0.5) is 13.2 Å². The number of rotatable bonds is 5. The molecule has 1 heterocycles. The summed E-state index contributed by atoms with van der Waals surface area (Å²) in [4.78, 5) is 0. The molecular weight excluding hydrogens is 305 g/mol. The van der Waals surface area contributed by atoms with Crippen LogP contribution in [0.2, 0.25) is 0 Å². The summed E-state index contributed by atoms with van der Waals surface area (Å²) in [6.45, 7) is 3.64. The predicted octanol–water partition coefficient (Wildman–Crippen LogP) is 1.18. The van der Waals surface area contributed by atoms with Gasteiger partial charge in [-0.2, -0.15) is 25.9 Å². The van der Waals surface area contributed by atoms with Gasteiger partial charge in [-0.15, -0.1) is 0 Å². The highest BCUT2D eigenvalue weighted by molar-refractivity contribution is 8.00. The molecule has 1 aliphatic rings. The molecule has 1 fully saturated rings. The van der Waals surface area contributed by atoms with Crippen molar-refractivity contribution in [1.82, 2.24) is 9.03 Å². The first-order valence-electron chi connectivity index (χ1n) is 5.71. The van der Waals surface area contributed by atoms with Crippen LogP contribution in [0.5, 0.6) is 0 Å². The Hall–Kier alpha value is -0.0300. The van der Waals surface area contributed by atoms with Gasteiger partial charge >= 0.3 is 5.51 Å². The fourth-order valence-electron chi connectivity index (χ4n) is 1.76. The summed E-state index contributed by atoms with van der Waals surface area (Å²) in [6.07, 6.45) is -0.463. The average Bonchev–Trinajstić information content (AvgIpc) is 2.22. The number of hydrogen-bond donors (Lipinski definition) is 1. The lowest BCUT2D eigenvalue weighted by molar-refractivity contribution is -0.0443. The number of nitrogens with one attached hydrogen (secondary N) is 1. The van der Waals surface area contributed by atoms with Crippen LogP contribution in [0.1, 0.15) is 13.8 Å². The van der Waals surface area contributed by atoms with E-state index in [9.17, 15) is 21.6 Å². The van der Waals surface area contributed by atoms with Gasteiger partial charge in [0, 0.05) is 25.4 Å². The van der Waals surface area contributed by atoms with Crippen molar-refractivity contribution in [2.45, 2.75) is 31.6 Å². The molecule has 0 aromatic rings. The molecule has 0 amide bonds. The Bertz CT molecular complexity index is 379. The number of morpholine rings is 1. The minimum absolute atomic E-state index is 0.200. The summed E-state index contributed by atoms with van der Waals surface area (Å²) in [6, 6.07) is 0. The van der Waals surface area contributed by atoms with Crippen LogP contribution in [0.25, 0.3) is 0 Å². The van der Waals surface area contributed by atoms with Crippen LogP contribution in [-0.4, -0.2) is 55.8 Å². The summed E-state index contributed by atoms with van der Waals surface area (Å²) in [5, 5.41) is 0. The Morgan fingerprint density at radius 2 is 1.84 bits per heavy atom. The van der Waals surface area contributed by atoms with E-state index in [1.54, 1.807) is 13.8 Å². The van der Waals surface area contributed by atoms with Crippen molar-refractivity contribution >= 4 is 22.0 Å². The van der Waals surface area contributed by atoms with E-state index in [1.807, 2.05) is 0 Å². The van der Waals surface area contributed by atoms with Gasteiger partial charge in [0.25, 0.3) is 10.2 Å². The molecule has 0 unspecified atom stereocenters. The quantitative estimate of drug-likeness (QED) is 0.772. The first kappa shape index (κ1) is 17.0. The van der Waals surface area contributed by atoms with Crippen molar-refractivity contribution in [3.05, 3.63) is 0 Å². The molecule has 0 bridgehead atoms. The highest BCUT2D eigenvalue weighted by atomic mass is 32.2. The summed E-state index contributed by atoms with van der Waals surface area (Å²) >= 11 is -0.248. The van der Waals surface area contributed by atoms with Crippen molar-refractivity contribution in [2.75, 3.05) is 25.4 Å². The Labute approximate surface area is 115 Å². The highest BCUT2D eigenvalue weighted by Gasteiger charge is 2.31. The lowest BCUT2D eigenvalue weighted by Crippen LogP contribution is -2.52. The Morgan fingerprint density at radius 3 is 2.32 bits per heavy atom. The van der Waals surface area contributed by atoms with Crippen LogP contribution in [0.15, 0.2) is 0 Å².